The van der Waals surface area contributed by atoms with Gasteiger partial charge in [0.15, 0.2) is 0 Å². The van der Waals surface area contributed by atoms with Crippen LogP contribution in [0.2, 0.25) is 0 Å². The first-order valence-corrected chi connectivity index (χ1v) is 20.8. The zero-order valence-corrected chi connectivity index (χ0v) is 34.4. The highest BCUT2D eigenvalue weighted by atomic mass is 16.5. The number of aryl methyl sites for hydroxylation is 2. The first-order chi connectivity index (χ1) is 29.8. The molecule has 6 heteroatoms. The van der Waals surface area contributed by atoms with Gasteiger partial charge in [-0.3, -0.25) is 9.59 Å². The van der Waals surface area contributed by atoms with E-state index in [-0.39, 0.29) is 17.9 Å². The van der Waals surface area contributed by atoms with Gasteiger partial charge in [0.2, 0.25) is 0 Å². The Balaban J connectivity index is 0.000000173. The summed E-state index contributed by atoms with van der Waals surface area (Å²) < 4.78 is 16.5. The number of benzene rings is 7. The summed E-state index contributed by atoms with van der Waals surface area (Å²) in [6, 6.07) is 59.1. The number of fused-ring (bicyclic) bond motifs is 2. The van der Waals surface area contributed by atoms with Crippen LogP contribution in [0.5, 0.6) is 23.0 Å². The number of hydrogen-bond donors (Lipinski definition) is 1. The maximum absolute atomic E-state index is 11.3. The molecule has 0 heterocycles. The summed E-state index contributed by atoms with van der Waals surface area (Å²) in [7, 11) is 0. The Kier molecular flexibility index (Phi) is 12.5. The number of hydrogen-bond acceptors (Lipinski definition) is 6. The van der Waals surface area contributed by atoms with Crippen molar-refractivity contribution in [2.45, 2.75) is 58.0 Å². The minimum atomic E-state index is -0.317. The summed E-state index contributed by atoms with van der Waals surface area (Å²) in [6.45, 7) is 3.37. The fraction of sp³-hybridized carbons (Fsp3) is 0.164. The molecule has 0 amide bonds. The van der Waals surface area contributed by atoms with Crippen LogP contribution in [0.25, 0.3) is 11.1 Å². The number of esters is 2. The largest absolute Gasteiger partial charge is 0.508 e. The number of rotatable bonds is 9. The second kappa shape index (κ2) is 18.8. The van der Waals surface area contributed by atoms with E-state index < -0.39 is 0 Å². The molecule has 1 N–H and O–H groups in total. The molecule has 7 aromatic carbocycles. The van der Waals surface area contributed by atoms with Gasteiger partial charge in [-0.05, 0) is 141 Å². The monoisotopic (exact) mass is 804 g/mol. The molecule has 304 valence electrons. The molecule has 7 aromatic rings. The topological polar surface area (TPSA) is 82.1 Å². The lowest BCUT2D eigenvalue weighted by Crippen LogP contribution is -2.20. The maximum Gasteiger partial charge on any atom is 0.308 e. The first-order valence-electron chi connectivity index (χ1n) is 20.8. The van der Waals surface area contributed by atoms with Gasteiger partial charge in [-0.15, -0.1) is 0 Å². The average molecular weight is 805 g/mol. The molecular weight excluding hydrogens is 757 g/mol. The highest BCUT2D eigenvalue weighted by molar-refractivity contribution is 6.01. The highest BCUT2D eigenvalue weighted by Crippen LogP contribution is 2.47. The molecule has 61 heavy (non-hydrogen) atoms. The fourth-order valence-electron chi connectivity index (χ4n) is 8.70. The van der Waals surface area contributed by atoms with Crippen LogP contribution in [0.3, 0.4) is 0 Å². The van der Waals surface area contributed by atoms with Gasteiger partial charge in [-0.2, -0.15) is 0 Å². The molecule has 0 unspecified atom stereocenters. The quantitative estimate of drug-likeness (QED) is 0.116. The molecule has 9 rings (SSSR count). The Bertz CT molecular complexity index is 2630. The molecular formula is C55H48O6. The van der Waals surface area contributed by atoms with E-state index in [1.54, 1.807) is 6.07 Å². The van der Waals surface area contributed by atoms with Gasteiger partial charge in [0.25, 0.3) is 0 Å². The number of carbonyl (C=O) groups is 2. The van der Waals surface area contributed by atoms with E-state index >= 15 is 0 Å². The van der Waals surface area contributed by atoms with E-state index in [0.29, 0.717) is 29.8 Å². The van der Waals surface area contributed by atoms with E-state index in [2.05, 4.69) is 78.9 Å². The van der Waals surface area contributed by atoms with Gasteiger partial charge < -0.3 is 19.3 Å². The minimum absolute atomic E-state index is 0.197. The number of aromatic hydroxyl groups is 1. The van der Waals surface area contributed by atoms with Crippen LogP contribution in [0, 0.1) is 0 Å². The van der Waals surface area contributed by atoms with Crippen LogP contribution >= 0.6 is 0 Å². The van der Waals surface area contributed by atoms with Gasteiger partial charge in [-0.1, -0.05) is 127 Å². The van der Waals surface area contributed by atoms with Gasteiger partial charge in [-0.25, -0.2) is 0 Å². The van der Waals surface area contributed by atoms with Crippen LogP contribution in [-0.2, 0) is 29.0 Å². The normalized spacial score (nSPS) is 15.3. The number of phenolic OH excluding ortho intramolecular Hbond substituents is 1. The van der Waals surface area contributed by atoms with E-state index in [9.17, 15) is 14.7 Å². The molecule has 0 saturated heterocycles. The van der Waals surface area contributed by atoms with Gasteiger partial charge >= 0.3 is 11.9 Å². The summed E-state index contributed by atoms with van der Waals surface area (Å²) in [4.78, 5) is 22.5. The Morgan fingerprint density at radius 2 is 1.16 bits per heavy atom. The van der Waals surface area contributed by atoms with Crippen molar-refractivity contribution in [2.75, 3.05) is 0 Å². The van der Waals surface area contributed by atoms with E-state index in [1.165, 1.54) is 63.9 Å². The lowest BCUT2D eigenvalue weighted by molar-refractivity contribution is -0.132. The van der Waals surface area contributed by atoms with Gasteiger partial charge in [0, 0.05) is 19.8 Å². The predicted molar refractivity (Wildman–Crippen MR) is 241 cm³/mol. The summed E-state index contributed by atoms with van der Waals surface area (Å²) in [5.41, 5.74) is 13.5. The third kappa shape index (κ3) is 9.83. The van der Waals surface area contributed by atoms with Gasteiger partial charge in [0.1, 0.15) is 29.6 Å². The second-order valence-electron chi connectivity index (χ2n) is 15.5. The van der Waals surface area contributed by atoms with E-state index in [1.807, 2.05) is 91.0 Å². The number of phenols is 1. The van der Waals surface area contributed by atoms with Crippen molar-refractivity contribution < 1.29 is 28.9 Å². The van der Waals surface area contributed by atoms with E-state index in [0.717, 1.165) is 42.6 Å². The predicted octanol–water partition coefficient (Wildman–Crippen LogP) is 12.3. The molecule has 0 radical (unpaired) electrons. The summed E-state index contributed by atoms with van der Waals surface area (Å²) >= 11 is 0. The zero-order valence-electron chi connectivity index (χ0n) is 34.4. The van der Waals surface area contributed by atoms with Crippen molar-refractivity contribution in [2.24, 2.45) is 0 Å². The van der Waals surface area contributed by atoms with Crippen molar-refractivity contribution in [3.05, 3.63) is 226 Å². The second-order valence-corrected chi connectivity index (χ2v) is 15.5. The molecule has 2 aliphatic carbocycles. The van der Waals surface area contributed by atoms with Crippen LogP contribution in [0.4, 0.5) is 0 Å². The minimum Gasteiger partial charge on any atom is -0.508 e. The third-order valence-corrected chi connectivity index (χ3v) is 11.4. The average Bonchev–Trinajstić information content (AvgIpc) is 3.29. The van der Waals surface area contributed by atoms with Crippen molar-refractivity contribution in [3.63, 3.8) is 0 Å². The molecule has 0 saturated carbocycles. The van der Waals surface area contributed by atoms with Gasteiger partial charge in [0.05, 0.1) is 0 Å². The Morgan fingerprint density at radius 1 is 0.557 bits per heavy atom. The molecule has 0 bridgehead atoms. The summed E-state index contributed by atoms with van der Waals surface area (Å²) in [5, 5.41) is 9.90. The standard InChI is InChI=1S/C31H26O3.C24H22O3/c1-22(32)34-27-15-12-25(13-16-27)31-29(24-10-6-3-7-11-24)18-14-26-20-28(17-19-30(26)31)33-21-23-8-4-2-5-9-23;1-16(25)27-21-11-7-18(8-12-21)24-22(17-5-3-2-4-6-17)13-9-19-15-20(26)10-14-23(19)24/h2-13,15-17,19-20H,14,18,21H2,1H3;2-8,10-12,14-15,22,24,26H,9,13H2,1H3/t;22-,24+/m.1/s1. The van der Waals surface area contributed by atoms with E-state index in [4.69, 9.17) is 14.2 Å². The lowest BCUT2D eigenvalue weighted by atomic mass is 9.69. The van der Waals surface area contributed by atoms with Crippen molar-refractivity contribution in [1.29, 1.82) is 0 Å². The number of allylic oxidation sites excluding steroid dienone is 1. The van der Waals surface area contributed by atoms with Crippen molar-refractivity contribution in [3.8, 4) is 23.0 Å². The molecule has 0 aliphatic heterocycles. The maximum atomic E-state index is 11.3. The fourth-order valence-corrected chi connectivity index (χ4v) is 8.70. The van der Waals surface area contributed by atoms with Crippen LogP contribution < -0.4 is 14.2 Å². The molecule has 6 nitrogen and oxygen atoms in total. The Hall–Kier alpha value is -7.18. The molecule has 2 atom stereocenters. The molecule has 2 aliphatic rings. The molecule has 0 spiro atoms. The van der Waals surface area contributed by atoms with Crippen molar-refractivity contribution in [1.82, 2.24) is 0 Å². The number of ether oxygens (including phenoxy) is 3. The zero-order chi connectivity index (χ0) is 42.1. The molecule has 0 fully saturated rings. The van der Waals surface area contributed by atoms with Crippen LogP contribution in [0.15, 0.2) is 176 Å². The Labute approximate surface area is 357 Å². The summed E-state index contributed by atoms with van der Waals surface area (Å²) in [6.07, 6.45) is 3.87. The lowest BCUT2D eigenvalue weighted by Gasteiger charge is -2.34. The Morgan fingerprint density at radius 3 is 1.82 bits per heavy atom. The third-order valence-electron chi connectivity index (χ3n) is 11.4. The first kappa shape index (κ1) is 40.6. The SMILES string of the molecule is CC(=O)Oc1ccc(C2=C(c3ccccc3)CCc3cc(OCc4ccccc4)ccc32)cc1.CC(=O)Oc1ccc([C@@H]2c3ccc(O)cc3CC[C@@H]2c2ccccc2)cc1. The van der Waals surface area contributed by atoms with Crippen LogP contribution in [0.1, 0.15) is 88.6 Å². The summed E-state index contributed by atoms with van der Waals surface area (Å²) in [5.74, 6) is 2.24. The smallest absolute Gasteiger partial charge is 0.308 e. The molecule has 0 aromatic heterocycles. The highest BCUT2D eigenvalue weighted by Gasteiger charge is 2.32. The van der Waals surface area contributed by atoms with Crippen LogP contribution in [-0.4, -0.2) is 17.0 Å². The number of carbonyl (C=O) groups excluding carboxylic acids is 2. The van der Waals surface area contributed by atoms with Crippen molar-refractivity contribution >= 4 is 23.1 Å².